The van der Waals surface area contributed by atoms with Gasteiger partial charge in [0.05, 0.1) is 6.61 Å². The van der Waals surface area contributed by atoms with Gasteiger partial charge in [-0.3, -0.25) is 4.79 Å². The molecule has 0 aliphatic heterocycles. The van der Waals surface area contributed by atoms with Crippen LogP contribution in [0.5, 0.6) is 5.75 Å². The molecule has 1 aromatic heterocycles. The van der Waals surface area contributed by atoms with E-state index in [1.807, 2.05) is 0 Å². The van der Waals surface area contributed by atoms with Gasteiger partial charge in [0.1, 0.15) is 10.6 Å². The second-order valence-corrected chi connectivity index (χ2v) is 3.99. The van der Waals surface area contributed by atoms with Crippen LogP contribution in [-0.4, -0.2) is 43.9 Å². The molecular formula is C10H13NO5S. The summed E-state index contributed by atoms with van der Waals surface area (Å²) in [5.74, 6) is -0.895. The average Bonchev–Trinajstić information content (AvgIpc) is 2.75. The molecule has 0 bridgehead atoms. The number of nitrogens with one attached hydrogen (secondary N) is 1. The van der Waals surface area contributed by atoms with Crippen LogP contribution >= 0.6 is 11.3 Å². The maximum atomic E-state index is 11.2. The number of aromatic carboxylic acids is 1. The number of thiophene rings is 1. The van der Waals surface area contributed by atoms with Crippen molar-refractivity contribution in [2.24, 2.45) is 0 Å². The Labute approximate surface area is 102 Å². The lowest BCUT2D eigenvalue weighted by molar-refractivity contribution is -0.123. The molecule has 0 radical (unpaired) electrons. The molecule has 0 atom stereocenters. The highest BCUT2D eigenvalue weighted by Gasteiger charge is 2.08. The van der Waals surface area contributed by atoms with Gasteiger partial charge in [-0.15, -0.1) is 11.3 Å². The van der Waals surface area contributed by atoms with Crippen molar-refractivity contribution >= 4 is 23.2 Å². The predicted octanol–water partition coefficient (Wildman–Crippen LogP) is 0.588. The molecule has 2 N–H and O–H groups in total. The highest BCUT2D eigenvalue weighted by molar-refractivity contribution is 7.12. The molecule has 94 valence electrons. The summed E-state index contributed by atoms with van der Waals surface area (Å²) >= 11 is 1.05. The van der Waals surface area contributed by atoms with Crippen molar-refractivity contribution in [1.82, 2.24) is 5.32 Å². The molecule has 1 aromatic rings. The van der Waals surface area contributed by atoms with Crippen LogP contribution in [0.2, 0.25) is 0 Å². The van der Waals surface area contributed by atoms with Crippen molar-refractivity contribution < 1.29 is 24.2 Å². The maximum absolute atomic E-state index is 11.2. The summed E-state index contributed by atoms with van der Waals surface area (Å²) in [6.45, 7) is 0.718. The molecule has 0 saturated heterocycles. The van der Waals surface area contributed by atoms with E-state index in [0.717, 1.165) is 11.3 Å². The lowest BCUT2D eigenvalue weighted by Crippen LogP contribution is -2.31. The van der Waals surface area contributed by atoms with E-state index >= 15 is 0 Å². The highest BCUT2D eigenvalue weighted by atomic mass is 32.1. The van der Waals surface area contributed by atoms with Gasteiger partial charge in [0.25, 0.3) is 5.91 Å². The van der Waals surface area contributed by atoms with Crippen molar-refractivity contribution in [3.05, 3.63) is 16.3 Å². The second kappa shape index (κ2) is 6.87. The Morgan fingerprint density at radius 3 is 2.88 bits per heavy atom. The zero-order chi connectivity index (χ0) is 12.7. The molecule has 6 nitrogen and oxygen atoms in total. The number of carbonyl (C=O) groups is 2. The molecule has 0 fully saturated rings. The fourth-order valence-electron chi connectivity index (χ4n) is 0.999. The molecule has 0 aliphatic rings. The Morgan fingerprint density at radius 1 is 1.53 bits per heavy atom. The first kappa shape index (κ1) is 13.5. The number of amides is 1. The molecule has 0 aromatic carbocycles. The molecule has 1 rings (SSSR count). The van der Waals surface area contributed by atoms with E-state index in [1.54, 1.807) is 12.5 Å². The second-order valence-electron chi connectivity index (χ2n) is 3.08. The number of carbonyl (C=O) groups excluding carboxylic acids is 1. The van der Waals surface area contributed by atoms with Crippen LogP contribution in [0.4, 0.5) is 0 Å². The smallest absolute Gasteiger partial charge is 0.346 e. The fourth-order valence-corrected chi connectivity index (χ4v) is 1.66. The number of methoxy groups -OCH3 is 1. The molecule has 1 amide bonds. The van der Waals surface area contributed by atoms with Crippen molar-refractivity contribution in [2.45, 2.75) is 0 Å². The van der Waals surface area contributed by atoms with Crippen LogP contribution in [-0.2, 0) is 9.53 Å². The number of hydrogen-bond donors (Lipinski definition) is 2. The number of carboxylic acid groups (broad SMARTS) is 1. The molecule has 0 spiro atoms. The van der Waals surface area contributed by atoms with E-state index in [2.05, 4.69) is 5.32 Å². The van der Waals surface area contributed by atoms with Crippen molar-refractivity contribution in [1.29, 1.82) is 0 Å². The number of hydrogen-bond acceptors (Lipinski definition) is 5. The number of rotatable bonds is 7. The monoisotopic (exact) mass is 259 g/mol. The summed E-state index contributed by atoms with van der Waals surface area (Å²) in [7, 11) is 1.54. The van der Waals surface area contributed by atoms with Gasteiger partial charge in [0.15, 0.2) is 6.61 Å². The minimum atomic E-state index is -1.01. The first-order chi connectivity index (χ1) is 8.13. The van der Waals surface area contributed by atoms with Gasteiger partial charge in [0.2, 0.25) is 0 Å². The fraction of sp³-hybridized carbons (Fsp3) is 0.400. The van der Waals surface area contributed by atoms with Crippen LogP contribution in [0.3, 0.4) is 0 Å². The van der Waals surface area contributed by atoms with Crippen LogP contribution < -0.4 is 10.1 Å². The first-order valence-electron chi connectivity index (χ1n) is 4.83. The Kier molecular flexibility index (Phi) is 5.44. The zero-order valence-corrected chi connectivity index (χ0v) is 10.1. The van der Waals surface area contributed by atoms with Gasteiger partial charge in [-0.25, -0.2) is 4.79 Å². The lowest BCUT2D eigenvalue weighted by Gasteiger charge is -2.05. The normalized spacial score (nSPS) is 9.94. The summed E-state index contributed by atoms with van der Waals surface area (Å²) in [6.07, 6.45) is 0. The third kappa shape index (κ3) is 4.83. The van der Waals surface area contributed by atoms with E-state index in [0.29, 0.717) is 18.9 Å². The van der Waals surface area contributed by atoms with E-state index in [9.17, 15) is 9.59 Å². The zero-order valence-electron chi connectivity index (χ0n) is 9.26. The molecule has 0 unspecified atom stereocenters. The van der Waals surface area contributed by atoms with Crippen molar-refractivity contribution in [2.75, 3.05) is 26.9 Å². The van der Waals surface area contributed by atoms with Gasteiger partial charge in [-0.2, -0.15) is 0 Å². The number of carboxylic acids is 1. The van der Waals surface area contributed by atoms with Gasteiger partial charge in [-0.1, -0.05) is 0 Å². The highest BCUT2D eigenvalue weighted by Crippen LogP contribution is 2.21. The molecule has 0 saturated carbocycles. The minimum absolute atomic E-state index is 0.139. The summed E-state index contributed by atoms with van der Waals surface area (Å²) in [4.78, 5) is 22.0. The largest absolute Gasteiger partial charge is 0.483 e. The molecule has 0 aliphatic carbocycles. The van der Waals surface area contributed by atoms with E-state index in [4.69, 9.17) is 14.6 Å². The van der Waals surface area contributed by atoms with E-state index in [-0.39, 0.29) is 17.4 Å². The maximum Gasteiger partial charge on any atom is 0.346 e. The number of ether oxygens (including phenoxy) is 2. The van der Waals surface area contributed by atoms with Gasteiger partial charge in [0, 0.05) is 25.1 Å². The molecule has 17 heavy (non-hydrogen) atoms. The predicted molar refractivity (Wildman–Crippen MR) is 61.7 cm³/mol. The Bertz CT molecular complexity index is 390. The summed E-state index contributed by atoms with van der Waals surface area (Å²) in [5, 5.41) is 12.8. The Balaban J connectivity index is 2.29. The third-order valence-corrected chi connectivity index (χ3v) is 2.68. The third-order valence-electron chi connectivity index (χ3n) is 1.78. The lowest BCUT2D eigenvalue weighted by atomic mass is 10.4. The summed E-state index contributed by atoms with van der Waals surface area (Å²) in [6, 6.07) is 1.38. The average molecular weight is 259 g/mol. The van der Waals surface area contributed by atoms with Crippen molar-refractivity contribution in [3.63, 3.8) is 0 Å². The van der Waals surface area contributed by atoms with Crippen LogP contribution in [0.25, 0.3) is 0 Å². The molecule has 7 heteroatoms. The SMILES string of the molecule is COCCNC(=O)COc1csc(C(=O)O)c1. The summed E-state index contributed by atoms with van der Waals surface area (Å²) < 4.78 is 9.89. The van der Waals surface area contributed by atoms with E-state index in [1.165, 1.54) is 6.07 Å². The quantitative estimate of drug-likeness (QED) is 0.700. The minimum Gasteiger partial charge on any atom is -0.483 e. The van der Waals surface area contributed by atoms with Gasteiger partial charge in [-0.05, 0) is 0 Å². The van der Waals surface area contributed by atoms with Gasteiger partial charge < -0.3 is 19.9 Å². The standard InChI is InChI=1S/C10H13NO5S/c1-15-3-2-11-9(12)5-16-7-4-8(10(13)14)17-6-7/h4,6H,2-3,5H2,1H3,(H,11,12)(H,13,14). The molecular weight excluding hydrogens is 246 g/mol. The summed E-state index contributed by atoms with van der Waals surface area (Å²) in [5.41, 5.74) is 0. The molecule has 1 heterocycles. The first-order valence-corrected chi connectivity index (χ1v) is 5.71. The van der Waals surface area contributed by atoms with Crippen molar-refractivity contribution in [3.8, 4) is 5.75 Å². The van der Waals surface area contributed by atoms with Crippen LogP contribution in [0.15, 0.2) is 11.4 Å². The van der Waals surface area contributed by atoms with Crippen LogP contribution in [0.1, 0.15) is 9.67 Å². The topological polar surface area (TPSA) is 84.9 Å². The van der Waals surface area contributed by atoms with Gasteiger partial charge >= 0.3 is 5.97 Å². The Hall–Kier alpha value is -1.60. The van der Waals surface area contributed by atoms with Crippen LogP contribution in [0, 0.1) is 0 Å². The Morgan fingerprint density at radius 2 is 2.29 bits per heavy atom. The van der Waals surface area contributed by atoms with E-state index < -0.39 is 5.97 Å².